The van der Waals surface area contributed by atoms with Crippen molar-refractivity contribution in [3.63, 3.8) is 0 Å². The highest BCUT2D eigenvalue weighted by molar-refractivity contribution is 5.95. The molecule has 2 N–H and O–H groups in total. The maximum Gasteiger partial charge on any atom is 0.252 e. The number of ether oxygens (including phenoxy) is 1. The van der Waals surface area contributed by atoms with E-state index in [4.69, 9.17) is 4.74 Å². The molecule has 0 fully saturated rings. The van der Waals surface area contributed by atoms with E-state index in [1.165, 1.54) is 36.4 Å². The summed E-state index contributed by atoms with van der Waals surface area (Å²) in [6.07, 6.45) is 2.04. The topological polar surface area (TPSA) is 71.5 Å². The van der Waals surface area contributed by atoms with Crippen LogP contribution in [0, 0.1) is 11.6 Å². The summed E-state index contributed by atoms with van der Waals surface area (Å²) in [6.45, 7) is 0.342. The van der Waals surface area contributed by atoms with Crippen LogP contribution in [-0.4, -0.2) is 22.6 Å². The van der Waals surface area contributed by atoms with Gasteiger partial charge in [-0.2, -0.15) is 0 Å². The van der Waals surface area contributed by atoms with Crippen LogP contribution >= 0.6 is 0 Å². The van der Waals surface area contributed by atoms with E-state index < -0.39 is 22.9 Å². The number of amides is 1. The highest BCUT2D eigenvalue weighted by Gasteiger charge is 2.42. The standard InChI is InChI=1S/C27H20F2N2O3/c28-20-12-8-18(9-13-20)26(33)31-27(14-16-34-23-5-2-15-30-25(23)27)19-10-6-17(7-11-19)21-3-1-4-22(29)24(21)32/h1-13,15,32H,14,16H2,(H,31,33)/t27-/m0/s1. The Bertz CT molecular complexity index is 1360. The lowest BCUT2D eigenvalue weighted by molar-refractivity contribution is 0.0883. The van der Waals surface area contributed by atoms with Crippen LogP contribution < -0.4 is 10.1 Å². The minimum Gasteiger partial charge on any atom is -0.504 e. The first-order chi connectivity index (χ1) is 16.5. The van der Waals surface area contributed by atoms with Gasteiger partial charge in [-0.25, -0.2) is 8.78 Å². The molecule has 0 aliphatic carbocycles. The third kappa shape index (κ3) is 3.75. The van der Waals surface area contributed by atoms with Gasteiger partial charge in [-0.15, -0.1) is 0 Å². The molecule has 3 aromatic carbocycles. The lowest BCUT2D eigenvalue weighted by Gasteiger charge is -2.39. The van der Waals surface area contributed by atoms with Crippen molar-refractivity contribution in [3.05, 3.63) is 114 Å². The van der Waals surface area contributed by atoms with Gasteiger partial charge in [-0.1, -0.05) is 36.4 Å². The van der Waals surface area contributed by atoms with Crippen molar-refractivity contribution >= 4 is 5.91 Å². The van der Waals surface area contributed by atoms with Crippen LogP contribution in [0.4, 0.5) is 8.78 Å². The molecule has 0 bridgehead atoms. The van der Waals surface area contributed by atoms with Crippen molar-refractivity contribution in [2.45, 2.75) is 12.0 Å². The van der Waals surface area contributed by atoms with Gasteiger partial charge < -0.3 is 15.2 Å². The third-order valence-electron chi connectivity index (χ3n) is 6.02. The zero-order valence-corrected chi connectivity index (χ0v) is 18.0. The number of halogens is 2. The molecule has 2 heterocycles. The average molecular weight is 458 g/mol. The molecule has 1 atom stereocenters. The molecule has 0 unspecified atom stereocenters. The van der Waals surface area contributed by atoms with E-state index in [9.17, 15) is 18.7 Å². The Hall–Kier alpha value is -4.26. The normalized spacial score (nSPS) is 16.9. The summed E-state index contributed by atoms with van der Waals surface area (Å²) in [7, 11) is 0. The van der Waals surface area contributed by atoms with Gasteiger partial charge in [0, 0.05) is 23.7 Å². The monoisotopic (exact) mass is 458 g/mol. The summed E-state index contributed by atoms with van der Waals surface area (Å²) in [5, 5.41) is 13.2. The van der Waals surface area contributed by atoms with E-state index in [0.717, 1.165) is 5.56 Å². The van der Waals surface area contributed by atoms with Gasteiger partial charge in [0.15, 0.2) is 11.6 Å². The number of benzene rings is 3. The molecule has 4 aromatic rings. The van der Waals surface area contributed by atoms with Gasteiger partial charge in [0.05, 0.1) is 6.61 Å². The number of hydrogen-bond donors (Lipinski definition) is 2. The first kappa shape index (κ1) is 21.6. The predicted octanol–water partition coefficient (Wildman–Crippen LogP) is 5.19. The molecule has 0 saturated heterocycles. The summed E-state index contributed by atoms with van der Waals surface area (Å²) >= 11 is 0. The summed E-state index contributed by atoms with van der Waals surface area (Å²) < 4.78 is 33.0. The molecule has 1 aliphatic heterocycles. The Morgan fingerprint density at radius 2 is 1.74 bits per heavy atom. The van der Waals surface area contributed by atoms with Gasteiger partial charge in [0.1, 0.15) is 22.8 Å². The van der Waals surface area contributed by atoms with Crippen molar-refractivity contribution in [2.75, 3.05) is 6.61 Å². The lowest BCUT2D eigenvalue weighted by Crippen LogP contribution is -2.50. The van der Waals surface area contributed by atoms with Crippen molar-refractivity contribution in [2.24, 2.45) is 0 Å². The van der Waals surface area contributed by atoms with Crippen LogP contribution in [0.25, 0.3) is 11.1 Å². The van der Waals surface area contributed by atoms with E-state index >= 15 is 0 Å². The molecule has 5 rings (SSSR count). The largest absolute Gasteiger partial charge is 0.504 e. The van der Waals surface area contributed by atoms with E-state index in [1.807, 2.05) is 12.1 Å². The second-order valence-corrected chi connectivity index (χ2v) is 8.03. The molecule has 170 valence electrons. The van der Waals surface area contributed by atoms with Crippen LogP contribution in [-0.2, 0) is 5.54 Å². The minimum atomic E-state index is -1.01. The number of rotatable bonds is 4. The summed E-state index contributed by atoms with van der Waals surface area (Å²) in [5.74, 6) is -1.38. The Morgan fingerprint density at radius 1 is 0.971 bits per heavy atom. The van der Waals surface area contributed by atoms with Gasteiger partial charge in [0.2, 0.25) is 0 Å². The summed E-state index contributed by atoms with van der Waals surface area (Å²) in [4.78, 5) is 17.7. The average Bonchev–Trinajstić information content (AvgIpc) is 2.86. The van der Waals surface area contributed by atoms with E-state index in [0.29, 0.717) is 41.2 Å². The summed E-state index contributed by atoms with van der Waals surface area (Å²) in [6, 6.07) is 20.4. The molecular formula is C27H20F2N2O3. The zero-order chi connectivity index (χ0) is 23.7. The van der Waals surface area contributed by atoms with Crippen molar-refractivity contribution < 1.29 is 23.4 Å². The number of para-hydroxylation sites is 1. The van der Waals surface area contributed by atoms with Crippen molar-refractivity contribution in [1.29, 1.82) is 0 Å². The molecule has 5 nitrogen and oxygen atoms in total. The number of hydrogen-bond acceptors (Lipinski definition) is 4. The van der Waals surface area contributed by atoms with Crippen LogP contribution in [0.5, 0.6) is 11.5 Å². The fourth-order valence-corrected chi connectivity index (χ4v) is 4.28. The van der Waals surface area contributed by atoms with Crippen LogP contribution in [0.3, 0.4) is 0 Å². The van der Waals surface area contributed by atoms with Crippen LogP contribution in [0.15, 0.2) is 85.1 Å². The highest BCUT2D eigenvalue weighted by atomic mass is 19.1. The number of pyridine rings is 1. The fraction of sp³-hybridized carbons (Fsp3) is 0.111. The van der Waals surface area contributed by atoms with Crippen LogP contribution in [0.2, 0.25) is 0 Å². The Morgan fingerprint density at radius 3 is 2.50 bits per heavy atom. The second kappa shape index (κ2) is 8.59. The molecule has 0 saturated carbocycles. The number of aromatic hydroxyl groups is 1. The van der Waals surface area contributed by atoms with Gasteiger partial charge in [0.25, 0.3) is 5.91 Å². The van der Waals surface area contributed by atoms with Gasteiger partial charge in [-0.3, -0.25) is 9.78 Å². The molecular weight excluding hydrogens is 438 g/mol. The number of phenols is 1. The highest BCUT2D eigenvalue weighted by Crippen LogP contribution is 2.41. The number of nitrogens with zero attached hydrogens (tertiary/aromatic N) is 1. The number of aromatic nitrogens is 1. The quantitative estimate of drug-likeness (QED) is 0.442. The number of phenolic OH excluding ortho intramolecular Hbond substituents is 1. The predicted molar refractivity (Wildman–Crippen MR) is 122 cm³/mol. The number of nitrogens with one attached hydrogen (secondary N) is 1. The van der Waals surface area contributed by atoms with Crippen LogP contribution in [0.1, 0.15) is 28.0 Å². The van der Waals surface area contributed by atoms with Gasteiger partial charge >= 0.3 is 0 Å². The van der Waals surface area contributed by atoms with E-state index in [2.05, 4.69) is 10.3 Å². The number of fused-ring (bicyclic) bond motifs is 1. The van der Waals surface area contributed by atoms with Crippen molar-refractivity contribution in [1.82, 2.24) is 10.3 Å². The van der Waals surface area contributed by atoms with Crippen molar-refractivity contribution in [3.8, 4) is 22.6 Å². The molecule has 0 spiro atoms. The number of carbonyl (C=O) groups is 1. The lowest BCUT2D eigenvalue weighted by atomic mass is 9.80. The third-order valence-corrected chi connectivity index (χ3v) is 6.02. The Balaban J connectivity index is 1.59. The first-order valence-corrected chi connectivity index (χ1v) is 10.7. The molecule has 1 aromatic heterocycles. The van der Waals surface area contributed by atoms with E-state index in [-0.39, 0.29) is 5.91 Å². The maximum atomic E-state index is 13.8. The molecule has 7 heteroatoms. The number of carbonyl (C=O) groups excluding carboxylic acids is 1. The summed E-state index contributed by atoms with van der Waals surface area (Å²) in [5.41, 5.74) is 1.58. The maximum absolute atomic E-state index is 13.8. The molecule has 34 heavy (non-hydrogen) atoms. The molecule has 1 amide bonds. The Labute approximate surface area is 194 Å². The minimum absolute atomic E-state index is 0.311. The zero-order valence-electron chi connectivity index (χ0n) is 18.0. The first-order valence-electron chi connectivity index (χ1n) is 10.7. The second-order valence-electron chi connectivity index (χ2n) is 8.03. The van der Waals surface area contributed by atoms with Gasteiger partial charge in [-0.05, 0) is 53.6 Å². The van der Waals surface area contributed by atoms with E-state index in [1.54, 1.807) is 36.5 Å². The smallest absolute Gasteiger partial charge is 0.252 e. The SMILES string of the molecule is O=C(N[C@]1(c2ccc(-c3cccc(F)c3O)cc2)CCOc2cccnc21)c1ccc(F)cc1. The fourth-order valence-electron chi connectivity index (χ4n) is 4.28. The molecule has 1 aliphatic rings. The molecule has 0 radical (unpaired) electrons. The Kier molecular flexibility index (Phi) is 5.45.